The lowest BCUT2D eigenvalue weighted by Gasteiger charge is -2.41. The van der Waals surface area contributed by atoms with Gasteiger partial charge in [0, 0.05) is 26.2 Å². The van der Waals surface area contributed by atoms with Crippen molar-refractivity contribution in [3.63, 3.8) is 0 Å². The van der Waals surface area contributed by atoms with Crippen molar-refractivity contribution in [2.45, 2.75) is 56.7 Å². The van der Waals surface area contributed by atoms with Gasteiger partial charge in [-0.1, -0.05) is 6.92 Å². The fraction of sp³-hybridized carbons (Fsp3) is 0.929. The second-order valence-electron chi connectivity index (χ2n) is 5.81. The molecule has 0 aromatic carbocycles. The van der Waals surface area contributed by atoms with E-state index < -0.39 is 11.5 Å². The van der Waals surface area contributed by atoms with Crippen LogP contribution in [0.15, 0.2) is 0 Å². The van der Waals surface area contributed by atoms with Crippen LogP contribution in [0.4, 0.5) is 0 Å². The average molecular weight is 270 g/mol. The molecule has 110 valence electrons. The van der Waals surface area contributed by atoms with Gasteiger partial charge in [0.05, 0.1) is 6.10 Å². The molecule has 2 N–H and O–H groups in total. The highest BCUT2D eigenvalue weighted by atomic mass is 16.5. The maximum atomic E-state index is 11.6. The molecule has 1 aliphatic heterocycles. The average Bonchev–Trinajstić information content (AvgIpc) is 2.88. The van der Waals surface area contributed by atoms with Gasteiger partial charge in [-0.15, -0.1) is 0 Å². The monoisotopic (exact) mass is 270 g/mol. The summed E-state index contributed by atoms with van der Waals surface area (Å²) in [6.45, 7) is 4.67. The first-order valence-electron chi connectivity index (χ1n) is 7.36. The SMILES string of the molecule is CCNC1(C(=O)O)CCCC(N2CCC(OC)C2)C1. The summed E-state index contributed by atoms with van der Waals surface area (Å²) in [5.41, 5.74) is -0.719. The summed E-state index contributed by atoms with van der Waals surface area (Å²) in [7, 11) is 1.76. The molecule has 2 fully saturated rings. The second-order valence-corrected chi connectivity index (χ2v) is 5.81. The van der Waals surface area contributed by atoms with Crippen molar-refractivity contribution in [1.82, 2.24) is 10.2 Å². The number of ether oxygens (including phenoxy) is 1. The van der Waals surface area contributed by atoms with E-state index in [0.29, 0.717) is 25.1 Å². The maximum absolute atomic E-state index is 11.6. The molecule has 19 heavy (non-hydrogen) atoms. The van der Waals surface area contributed by atoms with Crippen molar-refractivity contribution in [2.24, 2.45) is 0 Å². The topological polar surface area (TPSA) is 61.8 Å². The third-order valence-corrected chi connectivity index (χ3v) is 4.68. The number of hydrogen-bond acceptors (Lipinski definition) is 4. The van der Waals surface area contributed by atoms with Crippen LogP contribution in [0.1, 0.15) is 39.0 Å². The van der Waals surface area contributed by atoms with Crippen LogP contribution in [0.5, 0.6) is 0 Å². The van der Waals surface area contributed by atoms with E-state index in [0.717, 1.165) is 38.8 Å². The number of rotatable bonds is 5. The van der Waals surface area contributed by atoms with Gasteiger partial charge in [0.25, 0.3) is 0 Å². The quantitative estimate of drug-likeness (QED) is 0.783. The lowest BCUT2D eigenvalue weighted by atomic mass is 9.78. The molecule has 1 saturated carbocycles. The third-order valence-electron chi connectivity index (χ3n) is 4.68. The van der Waals surface area contributed by atoms with E-state index in [1.165, 1.54) is 0 Å². The van der Waals surface area contributed by atoms with E-state index in [-0.39, 0.29) is 0 Å². The zero-order valence-corrected chi connectivity index (χ0v) is 12.0. The molecule has 0 bridgehead atoms. The Morgan fingerprint density at radius 1 is 1.53 bits per heavy atom. The maximum Gasteiger partial charge on any atom is 0.323 e. The molecular weight excluding hydrogens is 244 g/mol. The Bertz CT molecular complexity index is 320. The Balaban J connectivity index is 2.01. The van der Waals surface area contributed by atoms with Crippen LogP contribution in [0.25, 0.3) is 0 Å². The van der Waals surface area contributed by atoms with Gasteiger partial charge in [-0.2, -0.15) is 0 Å². The largest absolute Gasteiger partial charge is 0.480 e. The number of carboxylic acids is 1. The molecule has 1 saturated heterocycles. The Kier molecular flexibility index (Phi) is 4.81. The van der Waals surface area contributed by atoms with E-state index in [2.05, 4.69) is 10.2 Å². The van der Waals surface area contributed by atoms with Crippen molar-refractivity contribution in [3.8, 4) is 0 Å². The van der Waals surface area contributed by atoms with Crippen molar-refractivity contribution >= 4 is 5.97 Å². The van der Waals surface area contributed by atoms with E-state index in [1.807, 2.05) is 6.92 Å². The summed E-state index contributed by atoms with van der Waals surface area (Å²) in [4.78, 5) is 14.1. The van der Waals surface area contributed by atoms with Crippen LogP contribution >= 0.6 is 0 Å². The number of nitrogens with one attached hydrogen (secondary N) is 1. The van der Waals surface area contributed by atoms with Gasteiger partial charge in [0.1, 0.15) is 5.54 Å². The summed E-state index contributed by atoms with van der Waals surface area (Å²) < 4.78 is 5.41. The standard InChI is InChI=1S/C14H26N2O3/c1-3-15-14(13(17)18)7-4-5-11(9-14)16-8-6-12(10-16)19-2/h11-12,15H,3-10H2,1-2H3,(H,17,18). The Labute approximate surface area is 115 Å². The highest BCUT2D eigenvalue weighted by Gasteiger charge is 2.44. The van der Waals surface area contributed by atoms with Gasteiger partial charge >= 0.3 is 5.97 Å². The number of hydrogen-bond donors (Lipinski definition) is 2. The van der Waals surface area contributed by atoms with Gasteiger partial charge < -0.3 is 15.2 Å². The first-order chi connectivity index (χ1) is 9.11. The molecule has 5 heteroatoms. The minimum atomic E-state index is -0.719. The molecule has 1 heterocycles. The molecular formula is C14H26N2O3. The van der Waals surface area contributed by atoms with Crippen LogP contribution in [0, 0.1) is 0 Å². The Morgan fingerprint density at radius 3 is 2.89 bits per heavy atom. The van der Waals surface area contributed by atoms with Gasteiger partial charge in [-0.3, -0.25) is 9.69 Å². The normalized spacial score (nSPS) is 36.5. The molecule has 5 nitrogen and oxygen atoms in total. The number of carboxylic acid groups (broad SMARTS) is 1. The number of aliphatic carboxylic acids is 1. The van der Waals surface area contributed by atoms with Crippen LogP contribution in [0.3, 0.4) is 0 Å². The highest BCUT2D eigenvalue weighted by Crippen LogP contribution is 2.33. The first-order valence-corrected chi connectivity index (χ1v) is 7.36. The molecule has 2 rings (SSSR count). The van der Waals surface area contributed by atoms with Gasteiger partial charge in [-0.25, -0.2) is 0 Å². The number of likely N-dealkylation sites (tertiary alicyclic amines) is 1. The lowest BCUT2D eigenvalue weighted by molar-refractivity contribution is -0.147. The van der Waals surface area contributed by atoms with Crippen molar-refractivity contribution in [1.29, 1.82) is 0 Å². The summed E-state index contributed by atoms with van der Waals surface area (Å²) in [5, 5.41) is 12.8. The molecule has 1 aliphatic carbocycles. The summed E-state index contributed by atoms with van der Waals surface area (Å²) >= 11 is 0. The van der Waals surface area contributed by atoms with E-state index in [1.54, 1.807) is 7.11 Å². The molecule has 0 aromatic heterocycles. The molecule has 2 aliphatic rings. The lowest BCUT2D eigenvalue weighted by Crippen LogP contribution is -2.58. The van der Waals surface area contributed by atoms with Crippen LogP contribution in [-0.4, -0.2) is 60.4 Å². The first kappa shape index (κ1) is 14.8. The zero-order valence-electron chi connectivity index (χ0n) is 12.0. The number of methoxy groups -OCH3 is 1. The fourth-order valence-corrected chi connectivity index (χ4v) is 3.60. The molecule has 0 spiro atoms. The minimum absolute atomic E-state index is 0.320. The van der Waals surface area contributed by atoms with Crippen molar-refractivity contribution < 1.29 is 14.6 Å². The van der Waals surface area contributed by atoms with Crippen LogP contribution in [-0.2, 0) is 9.53 Å². The molecule has 3 unspecified atom stereocenters. The molecule has 3 atom stereocenters. The zero-order chi connectivity index (χ0) is 13.9. The van der Waals surface area contributed by atoms with E-state index >= 15 is 0 Å². The smallest absolute Gasteiger partial charge is 0.323 e. The fourth-order valence-electron chi connectivity index (χ4n) is 3.60. The Hall–Kier alpha value is -0.650. The van der Waals surface area contributed by atoms with Crippen molar-refractivity contribution in [3.05, 3.63) is 0 Å². The predicted molar refractivity (Wildman–Crippen MR) is 73.3 cm³/mol. The third kappa shape index (κ3) is 3.09. The molecule has 0 amide bonds. The summed E-state index contributed by atoms with van der Waals surface area (Å²) in [5.74, 6) is -0.693. The van der Waals surface area contributed by atoms with Crippen LogP contribution in [0.2, 0.25) is 0 Å². The number of likely N-dealkylation sites (N-methyl/N-ethyl adjacent to an activating group) is 1. The van der Waals surface area contributed by atoms with Crippen LogP contribution < -0.4 is 5.32 Å². The van der Waals surface area contributed by atoms with Crippen molar-refractivity contribution in [2.75, 3.05) is 26.7 Å². The van der Waals surface area contributed by atoms with Gasteiger partial charge in [-0.05, 0) is 38.6 Å². The minimum Gasteiger partial charge on any atom is -0.480 e. The molecule has 0 radical (unpaired) electrons. The summed E-state index contributed by atoms with van der Waals surface area (Å²) in [6.07, 6.45) is 4.93. The Morgan fingerprint density at radius 2 is 2.32 bits per heavy atom. The second kappa shape index (κ2) is 6.20. The van der Waals surface area contributed by atoms with E-state index in [9.17, 15) is 9.90 Å². The number of carbonyl (C=O) groups is 1. The molecule has 0 aromatic rings. The summed E-state index contributed by atoms with van der Waals surface area (Å²) in [6, 6.07) is 0.379. The van der Waals surface area contributed by atoms with Gasteiger partial charge in [0.2, 0.25) is 0 Å². The van der Waals surface area contributed by atoms with E-state index in [4.69, 9.17) is 4.74 Å². The highest BCUT2D eigenvalue weighted by molar-refractivity contribution is 5.79. The predicted octanol–water partition coefficient (Wildman–Crippen LogP) is 1.08. The number of nitrogens with zero attached hydrogens (tertiary/aromatic N) is 1. The van der Waals surface area contributed by atoms with Gasteiger partial charge in [0.15, 0.2) is 0 Å².